The van der Waals surface area contributed by atoms with Crippen molar-refractivity contribution in [2.75, 3.05) is 13.7 Å². The fourth-order valence-electron chi connectivity index (χ4n) is 2.45. The van der Waals surface area contributed by atoms with E-state index in [1.807, 2.05) is 19.1 Å². The first kappa shape index (κ1) is 12.2. The molecule has 17 heavy (non-hydrogen) atoms. The molecule has 2 N–H and O–H groups in total. The van der Waals surface area contributed by atoms with Gasteiger partial charge in [-0.05, 0) is 56.0 Å². The Hall–Kier alpha value is -1.22. The van der Waals surface area contributed by atoms with Crippen LogP contribution in [0.25, 0.3) is 0 Å². The predicted molar refractivity (Wildman–Crippen MR) is 68.7 cm³/mol. The van der Waals surface area contributed by atoms with Gasteiger partial charge in [0.25, 0.3) is 0 Å². The maximum atomic E-state index is 10.1. The maximum absolute atomic E-state index is 10.1. The van der Waals surface area contributed by atoms with E-state index >= 15 is 0 Å². The van der Waals surface area contributed by atoms with Gasteiger partial charge in [0, 0.05) is 6.04 Å². The second-order valence-corrected chi connectivity index (χ2v) is 4.80. The molecule has 0 radical (unpaired) electrons. The summed E-state index contributed by atoms with van der Waals surface area (Å²) in [6, 6.07) is 4.30. The number of ether oxygens (including phenoxy) is 1. The molecule has 0 bridgehead atoms. The third-order valence-electron chi connectivity index (χ3n) is 3.47. The fraction of sp³-hybridized carbons (Fsp3) is 0.571. The molecular weight excluding hydrogens is 214 g/mol. The van der Waals surface area contributed by atoms with Crippen molar-refractivity contribution in [2.24, 2.45) is 0 Å². The fourth-order valence-corrected chi connectivity index (χ4v) is 2.45. The normalized spacial score (nSPS) is 20.2. The van der Waals surface area contributed by atoms with Gasteiger partial charge < -0.3 is 15.2 Å². The standard InChI is InChI=1S/C14H21NO2/c1-10-7-13(17-2)9-11(14(10)16)8-12-5-3-4-6-15-12/h7,9,12,15-16H,3-6,8H2,1-2H3. The number of aromatic hydroxyl groups is 1. The molecule has 1 aliphatic rings. The van der Waals surface area contributed by atoms with E-state index in [-0.39, 0.29) is 0 Å². The summed E-state index contributed by atoms with van der Waals surface area (Å²) in [4.78, 5) is 0. The second-order valence-electron chi connectivity index (χ2n) is 4.80. The molecule has 1 unspecified atom stereocenters. The largest absolute Gasteiger partial charge is 0.507 e. The van der Waals surface area contributed by atoms with Crippen molar-refractivity contribution in [3.05, 3.63) is 23.3 Å². The van der Waals surface area contributed by atoms with Gasteiger partial charge in [-0.1, -0.05) is 6.42 Å². The molecule has 0 aliphatic carbocycles. The number of benzene rings is 1. The lowest BCUT2D eigenvalue weighted by atomic mass is 9.96. The zero-order valence-electron chi connectivity index (χ0n) is 10.6. The van der Waals surface area contributed by atoms with Crippen molar-refractivity contribution < 1.29 is 9.84 Å². The van der Waals surface area contributed by atoms with Gasteiger partial charge in [-0.2, -0.15) is 0 Å². The molecule has 3 nitrogen and oxygen atoms in total. The van der Waals surface area contributed by atoms with Crippen LogP contribution >= 0.6 is 0 Å². The Morgan fingerprint density at radius 2 is 2.24 bits per heavy atom. The molecule has 0 amide bonds. The van der Waals surface area contributed by atoms with E-state index in [4.69, 9.17) is 4.74 Å². The summed E-state index contributed by atoms with van der Waals surface area (Å²) in [5.74, 6) is 1.24. The summed E-state index contributed by atoms with van der Waals surface area (Å²) in [7, 11) is 1.66. The molecule has 1 aromatic carbocycles. The zero-order chi connectivity index (χ0) is 12.3. The number of methoxy groups -OCH3 is 1. The van der Waals surface area contributed by atoms with Crippen molar-refractivity contribution in [2.45, 2.75) is 38.6 Å². The highest BCUT2D eigenvalue weighted by molar-refractivity contribution is 5.46. The number of phenolic OH excluding ortho intramolecular Hbond substituents is 1. The SMILES string of the molecule is COc1cc(C)c(O)c(CC2CCCCN2)c1. The van der Waals surface area contributed by atoms with Crippen LogP contribution in [0.3, 0.4) is 0 Å². The highest BCUT2D eigenvalue weighted by Crippen LogP contribution is 2.29. The van der Waals surface area contributed by atoms with Gasteiger partial charge in [-0.15, -0.1) is 0 Å². The first-order valence-corrected chi connectivity index (χ1v) is 6.30. The predicted octanol–water partition coefficient (Wildman–Crippen LogP) is 2.39. The van der Waals surface area contributed by atoms with Gasteiger partial charge >= 0.3 is 0 Å². The minimum atomic E-state index is 0.415. The molecule has 1 fully saturated rings. The first-order chi connectivity index (χ1) is 8.20. The van der Waals surface area contributed by atoms with E-state index in [0.717, 1.165) is 29.8 Å². The molecular formula is C14H21NO2. The number of hydrogen-bond donors (Lipinski definition) is 2. The van der Waals surface area contributed by atoms with Gasteiger partial charge in [0.1, 0.15) is 11.5 Å². The Kier molecular flexibility index (Phi) is 3.89. The molecule has 1 aromatic rings. The van der Waals surface area contributed by atoms with Gasteiger partial charge in [0.05, 0.1) is 7.11 Å². The molecule has 94 valence electrons. The molecule has 1 saturated heterocycles. The molecule has 0 spiro atoms. The highest BCUT2D eigenvalue weighted by atomic mass is 16.5. The zero-order valence-corrected chi connectivity index (χ0v) is 10.6. The maximum Gasteiger partial charge on any atom is 0.121 e. The Morgan fingerprint density at radius 1 is 1.41 bits per heavy atom. The molecule has 0 aromatic heterocycles. The summed E-state index contributed by atoms with van der Waals surface area (Å²) in [6.45, 7) is 3.00. The Labute approximate surface area is 103 Å². The van der Waals surface area contributed by atoms with Crippen molar-refractivity contribution in [1.82, 2.24) is 5.32 Å². The second kappa shape index (κ2) is 5.41. The van der Waals surface area contributed by atoms with E-state index in [1.165, 1.54) is 19.3 Å². The summed E-state index contributed by atoms with van der Waals surface area (Å²) < 4.78 is 5.25. The van der Waals surface area contributed by atoms with Gasteiger partial charge in [0.2, 0.25) is 0 Å². The molecule has 1 atom stereocenters. The molecule has 1 aliphatic heterocycles. The molecule has 2 rings (SSSR count). The van der Waals surface area contributed by atoms with Crippen molar-refractivity contribution in [3.8, 4) is 11.5 Å². The summed E-state index contributed by atoms with van der Waals surface area (Å²) in [6.07, 6.45) is 4.61. The van der Waals surface area contributed by atoms with Crippen LogP contribution in [0, 0.1) is 6.92 Å². The average Bonchev–Trinajstić information content (AvgIpc) is 2.36. The summed E-state index contributed by atoms with van der Waals surface area (Å²) >= 11 is 0. The van der Waals surface area contributed by atoms with Gasteiger partial charge in [0.15, 0.2) is 0 Å². The number of piperidine rings is 1. The number of aryl methyl sites for hydroxylation is 1. The van der Waals surface area contributed by atoms with Gasteiger partial charge in [-0.25, -0.2) is 0 Å². The lowest BCUT2D eigenvalue weighted by molar-refractivity contribution is 0.386. The number of nitrogens with one attached hydrogen (secondary N) is 1. The third kappa shape index (κ3) is 2.91. The van der Waals surface area contributed by atoms with E-state index in [2.05, 4.69) is 5.32 Å². The summed E-state index contributed by atoms with van der Waals surface area (Å²) in [5, 5.41) is 13.6. The minimum absolute atomic E-state index is 0.415. The van der Waals surface area contributed by atoms with Crippen LogP contribution < -0.4 is 10.1 Å². The van der Waals surface area contributed by atoms with Crippen LogP contribution in [0.15, 0.2) is 12.1 Å². The van der Waals surface area contributed by atoms with E-state index in [0.29, 0.717) is 11.8 Å². The quantitative estimate of drug-likeness (QED) is 0.845. The van der Waals surface area contributed by atoms with E-state index in [9.17, 15) is 5.11 Å². The van der Waals surface area contributed by atoms with Gasteiger partial charge in [-0.3, -0.25) is 0 Å². The van der Waals surface area contributed by atoms with Crippen molar-refractivity contribution >= 4 is 0 Å². The Morgan fingerprint density at radius 3 is 2.88 bits per heavy atom. The average molecular weight is 235 g/mol. The summed E-state index contributed by atoms with van der Waals surface area (Å²) in [5.41, 5.74) is 1.87. The van der Waals surface area contributed by atoms with Crippen LogP contribution in [0.5, 0.6) is 11.5 Å². The number of phenols is 1. The lowest BCUT2D eigenvalue weighted by Crippen LogP contribution is -2.35. The Bertz CT molecular complexity index is 384. The van der Waals surface area contributed by atoms with E-state index < -0.39 is 0 Å². The topological polar surface area (TPSA) is 41.5 Å². The number of hydrogen-bond acceptors (Lipinski definition) is 3. The molecule has 3 heteroatoms. The van der Waals surface area contributed by atoms with E-state index in [1.54, 1.807) is 7.11 Å². The third-order valence-corrected chi connectivity index (χ3v) is 3.47. The Balaban J connectivity index is 2.15. The van der Waals surface area contributed by atoms with Crippen LogP contribution in [-0.4, -0.2) is 24.8 Å². The van der Waals surface area contributed by atoms with Crippen LogP contribution in [-0.2, 0) is 6.42 Å². The van der Waals surface area contributed by atoms with Crippen molar-refractivity contribution in [3.63, 3.8) is 0 Å². The lowest BCUT2D eigenvalue weighted by Gasteiger charge is -2.24. The van der Waals surface area contributed by atoms with Crippen molar-refractivity contribution in [1.29, 1.82) is 0 Å². The van der Waals surface area contributed by atoms with Crippen LogP contribution in [0.1, 0.15) is 30.4 Å². The smallest absolute Gasteiger partial charge is 0.121 e. The van der Waals surface area contributed by atoms with Crippen LogP contribution in [0.2, 0.25) is 0 Å². The highest BCUT2D eigenvalue weighted by Gasteiger charge is 2.16. The first-order valence-electron chi connectivity index (χ1n) is 6.30. The molecule has 1 heterocycles. The number of rotatable bonds is 3. The van der Waals surface area contributed by atoms with Crippen LogP contribution in [0.4, 0.5) is 0 Å². The minimum Gasteiger partial charge on any atom is -0.507 e. The molecule has 0 saturated carbocycles. The monoisotopic (exact) mass is 235 g/mol.